The second kappa shape index (κ2) is 3.64. The third-order valence-electron chi connectivity index (χ3n) is 3.13. The largest absolute Gasteiger partial charge is 0.319 e. The molecule has 2 heterocycles. The summed E-state index contributed by atoms with van der Waals surface area (Å²) in [6.45, 7) is 0. The summed E-state index contributed by atoms with van der Waals surface area (Å²) in [6.07, 6.45) is 6.95. The normalized spacial score (nSPS) is 18.1. The van der Waals surface area contributed by atoms with Crippen LogP contribution in [0.3, 0.4) is 0 Å². The van der Waals surface area contributed by atoms with Crippen LogP contribution in [0.25, 0.3) is 11.3 Å². The zero-order valence-corrected chi connectivity index (χ0v) is 9.70. The molecule has 82 valence electrons. The van der Waals surface area contributed by atoms with Crippen LogP contribution >= 0.6 is 11.3 Å². The summed E-state index contributed by atoms with van der Waals surface area (Å²) in [7, 11) is 0. The zero-order chi connectivity index (χ0) is 11.0. The fourth-order valence-corrected chi connectivity index (χ4v) is 2.92. The Morgan fingerprint density at radius 1 is 1.38 bits per heavy atom. The van der Waals surface area contributed by atoms with Crippen LogP contribution in [-0.2, 0) is 5.54 Å². The summed E-state index contributed by atoms with van der Waals surface area (Å²) in [6, 6.07) is 3.95. The van der Waals surface area contributed by atoms with Crippen molar-refractivity contribution in [1.29, 1.82) is 0 Å². The van der Waals surface area contributed by atoms with Crippen LogP contribution in [-0.4, -0.2) is 9.97 Å². The minimum absolute atomic E-state index is 0.148. The fraction of sp³-hybridized carbons (Fsp3) is 0.333. The van der Waals surface area contributed by atoms with Crippen molar-refractivity contribution in [3.05, 3.63) is 34.9 Å². The summed E-state index contributed by atoms with van der Waals surface area (Å²) >= 11 is 1.66. The highest BCUT2D eigenvalue weighted by Gasteiger charge is 2.37. The Morgan fingerprint density at radius 2 is 2.25 bits per heavy atom. The molecule has 0 unspecified atom stereocenters. The maximum atomic E-state index is 6.25. The molecule has 3 nitrogen and oxygen atoms in total. The summed E-state index contributed by atoms with van der Waals surface area (Å²) in [5.74, 6) is 0. The first-order chi connectivity index (χ1) is 7.78. The van der Waals surface area contributed by atoms with Crippen molar-refractivity contribution in [2.75, 3.05) is 0 Å². The van der Waals surface area contributed by atoms with Gasteiger partial charge < -0.3 is 5.73 Å². The van der Waals surface area contributed by atoms with Gasteiger partial charge in [-0.2, -0.15) is 0 Å². The molecule has 2 aromatic heterocycles. The van der Waals surface area contributed by atoms with Gasteiger partial charge in [0.25, 0.3) is 0 Å². The van der Waals surface area contributed by atoms with E-state index >= 15 is 0 Å². The SMILES string of the molecule is NC1(c2nc(-c3cccnc3)cs2)CCC1. The van der Waals surface area contributed by atoms with E-state index in [0.29, 0.717) is 0 Å². The molecule has 16 heavy (non-hydrogen) atoms. The molecule has 0 radical (unpaired) electrons. The van der Waals surface area contributed by atoms with Gasteiger partial charge in [-0.3, -0.25) is 4.98 Å². The van der Waals surface area contributed by atoms with Gasteiger partial charge in [0.05, 0.1) is 11.2 Å². The van der Waals surface area contributed by atoms with Crippen molar-refractivity contribution < 1.29 is 0 Å². The van der Waals surface area contributed by atoms with Crippen molar-refractivity contribution in [3.8, 4) is 11.3 Å². The third-order valence-corrected chi connectivity index (χ3v) is 4.20. The van der Waals surface area contributed by atoms with E-state index < -0.39 is 0 Å². The van der Waals surface area contributed by atoms with Gasteiger partial charge in [0, 0.05) is 23.3 Å². The number of nitrogens with zero attached hydrogens (tertiary/aromatic N) is 2. The molecular weight excluding hydrogens is 218 g/mol. The minimum atomic E-state index is -0.148. The Labute approximate surface area is 98.4 Å². The van der Waals surface area contributed by atoms with Gasteiger partial charge >= 0.3 is 0 Å². The van der Waals surface area contributed by atoms with Crippen molar-refractivity contribution in [2.45, 2.75) is 24.8 Å². The standard InChI is InChI=1S/C12H13N3S/c13-12(4-2-5-12)11-15-10(8-16-11)9-3-1-6-14-7-9/h1,3,6-8H,2,4-5,13H2. The zero-order valence-electron chi connectivity index (χ0n) is 8.89. The quantitative estimate of drug-likeness (QED) is 0.864. The molecule has 0 aromatic carbocycles. The van der Waals surface area contributed by atoms with Crippen LogP contribution in [0.2, 0.25) is 0 Å². The Hall–Kier alpha value is -1.26. The van der Waals surface area contributed by atoms with Gasteiger partial charge in [-0.25, -0.2) is 4.98 Å². The molecule has 1 fully saturated rings. The van der Waals surface area contributed by atoms with Crippen molar-refractivity contribution >= 4 is 11.3 Å². The molecule has 0 spiro atoms. The van der Waals surface area contributed by atoms with Gasteiger partial charge in [-0.05, 0) is 31.4 Å². The topological polar surface area (TPSA) is 51.8 Å². The lowest BCUT2D eigenvalue weighted by atomic mass is 9.78. The number of pyridine rings is 1. The van der Waals surface area contributed by atoms with Gasteiger partial charge in [0.1, 0.15) is 5.01 Å². The molecular formula is C12H13N3S. The second-order valence-corrected chi connectivity index (χ2v) is 5.15. The molecule has 2 aromatic rings. The van der Waals surface area contributed by atoms with E-state index in [2.05, 4.69) is 15.3 Å². The predicted molar refractivity (Wildman–Crippen MR) is 65.1 cm³/mol. The van der Waals surface area contributed by atoms with E-state index in [4.69, 9.17) is 5.73 Å². The highest BCUT2D eigenvalue weighted by molar-refractivity contribution is 7.10. The molecule has 0 atom stereocenters. The number of thiazole rings is 1. The Morgan fingerprint density at radius 3 is 2.88 bits per heavy atom. The van der Waals surface area contributed by atoms with Crippen molar-refractivity contribution in [1.82, 2.24) is 9.97 Å². The maximum Gasteiger partial charge on any atom is 0.113 e. The maximum absolute atomic E-state index is 6.25. The molecule has 0 amide bonds. The lowest BCUT2D eigenvalue weighted by Gasteiger charge is -2.35. The average Bonchev–Trinajstić information content (AvgIpc) is 2.77. The summed E-state index contributed by atoms with van der Waals surface area (Å²) < 4.78 is 0. The number of hydrogen-bond donors (Lipinski definition) is 1. The van der Waals surface area contributed by atoms with Gasteiger partial charge in [0.2, 0.25) is 0 Å². The Balaban J connectivity index is 1.94. The molecule has 4 heteroatoms. The molecule has 1 aliphatic rings. The minimum Gasteiger partial charge on any atom is -0.319 e. The number of aromatic nitrogens is 2. The van der Waals surface area contributed by atoms with Gasteiger partial charge in [-0.1, -0.05) is 0 Å². The molecule has 2 N–H and O–H groups in total. The van der Waals surface area contributed by atoms with E-state index in [1.54, 1.807) is 17.5 Å². The van der Waals surface area contributed by atoms with Crippen LogP contribution < -0.4 is 5.73 Å². The molecule has 3 rings (SSSR count). The number of rotatable bonds is 2. The summed E-state index contributed by atoms with van der Waals surface area (Å²) in [5.41, 5.74) is 8.15. The van der Waals surface area contributed by atoms with Crippen molar-refractivity contribution in [2.24, 2.45) is 5.73 Å². The number of nitrogens with two attached hydrogens (primary N) is 1. The lowest BCUT2D eigenvalue weighted by Crippen LogP contribution is -2.43. The first kappa shape index (κ1) is 9.93. The smallest absolute Gasteiger partial charge is 0.113 e. The van der Waals surface area contributed by atoms with E-state index in [-0.39, 0.29) is 5.54 Å². The van der Waals surface area contributed by atoms with E-state index in [9.17, 15) is 0 Å². The number of hydrogen-bond acceptors (Lipinski definition) is 4. The Bertz CT molecular complexity index is 488. The first-order valence-electron chi connectivity index (χ1n) is 5.43. The first-order valence-corrected chi connectivity index (χ1v) is 6.31. The average molecular weight is 231 g/mol. The highest BCUT2D eigenvalue weighted by Crippen LogP contribution is 2.40. The van der Waals surface area contributed by atoms with Gasteiger partial charge in [0.15, 0.2) is 0 Å². The Kier molecular flexibility index (Phi) is 2.26. The molecule has 1 aliphatic carbocycles. The van der Waals surface area contributed by atoms with Crippen LogP contribution in [0.4, 0.5) is 0 Å². The lowest BCUT2D eigenvalue weighted by molar-refractivity contribution is 0.253. The molecule has 0 saturated heterocycles. The van der Waals surface area contributed by atoms with Crippen molar-refractivity contribution in [3.63, 3.8) is 0 Å². The summed E-state index contributed by atoms with van der Waals surface area (Å²) in [5, 5.41) is 3.14. The highest BCUT2D eigenvalue weighted by atomic mass is 32.1. The molecule has 1 saturated carbocycles. The molecule has 0 bridgehead atoms. The van der Waals surface area contributed by atoms with E-state index in [0.717, 1.165) is 29.1 Å². The predicted octanol–water partition coefficient (Wildman–Crippen LogP) is 2.54. The van der Waals surface area contributed by atoms with Crippen LogP contribution in [0, 0.1) is 0 Å². The monoisotopic (exact) mass is 231 g/mol. The summed E-state index contributed by atoms with van der Waals surface area (Å²) in [4.78, 5) is 8.73. The molecule has 0 aliphatic heterocycles. The van der Waals surface area contributed by atoms with Crippen LogP contribution in [0.5, 0.6) is 0 Å². The fourth-order valence-electron chi connectivity index (χ4n) is 1.92. The van der Waals surface area contributed by atoms with Gasteiger partial charge in [-0.15, -0.1) is 11.3 Å². The van der Waals surface area contributed by atoms with Crippen LogP contribution in [0.1, 0.15) is 24.3 Å². The van der Waals surface area contributed by atoms with Crippen LogP contribution in [0.15, 0.2) is 29.9 Å². The second-order valence-electron chi connectivity index (χ2n) is 4.29. The van der Waals surface area contributed by atoms with E-state index in [1.807, 2.05) is 18.3 Å². The van der Waals surface area contributed by atoms with E-state index in [1.165, 1.54) is 6.42 Å². The third kappa shape index (κ3) is 1.54.